The van der Waals surface area contributed by atoms with Gasteiger partial charge in [0, 0.05) is 5.41 Å². The van der Waals surface area contributed by atoms with Crippen LogP contribution in [0.15, 0.2) is 35.4 Å². The van der Waals surface area contributed by atoms with Crippen LogP contribution in [0.25, 0.3) is 0 Å². The molecule has 0 aliphatic rings. The number of benzene rings is 1. The Hall–Kier alpha value is -1.35. The quantitative estimate of drug-likeness (QED) is 0.502. The lowest BCUT2D eigenvalue weighted by Crippen LogP contribution is -2.27. The molecule has 0 aliphatic carbocycles. The van der Waals surface area contributed by atoms with Crippen LogP contribution in [-0.2, 0) is 4.79 Å². The minimum atomic E-state index is -0.302. The van der Waals surface area contributed by atoms with Crippen LogP contribution in [0.3, 0.4) is 0 Å². The molecule has 0 unspecified atom stereocenters. The second kappa shape index (κ2) is 5.82. The summed E-state index contributed by atoms with van der Waals surface area (Å²) in [5.74, 6) is -0.389. The molecule has 1 N–H and O–H groups in total. The molecule has 92 valence electrons. The highest BCUT2D eigenvalue weighted by Crippen LogP contribution is 2.21. The third kappa shape index (κ3) is 4.19. The van der Waals surface area contributed by atoms with E-state index in [0.29, 0.717) is 0 Å². The van der Waals surface area contributed by atoms with E-state index in [1.807, 2.05) is 51.1 Å². The number of nitrogens with zero attached hydrogens (tertiary/aromatic N) is 1. The van der Waals surface area contributed by atoms with E-state index in [1.54, 1.807) is 0 Å². The molecule has 3 nitrogen and oxygen atoms in total. The van der Waals surface area contributed by atoms with Crippen LogP contribution in [0, 0.1) is 5.41 Å². The van der Waals surface area contributed by atoms with Gasteiger partial charge in [0.1, 0.15) is 5.88 Å². The molecular weight excluding hydrogens is 236 g/mol. The summed E-state index contributed by atoms with van der Waals surface area (Å²) in [6.07, 6.45) is 0. The van der Waals surface area contributed by atoms with Gasteiger partial charge in [-0.2, -0.15) is 5.10 Å². The van der Waals surface area contributed by atoms with E-state index < -0.39 is 0 Å². The van der Waals surface area contributed by atoms with Gasteiger partial charge in [0.05, 0.1) is 5.71 Å². The van der Waals surface area contributed by atoms with Crippen LogP contribution in [0.4, 0.5) is 0 Å². The van der Waals surface area contributed by atoms with E-state index in [4.69, 9.17) is 11.6 Å². The molecule has 1 aromatic rings. The molecule has 0 heterocycles. The fourth-order valence-corrected chi connectivity index (χ4v) is 1.47. The van der Waals surface area contributed by atoms with Crippen molar-refractivity contribution >= 4 is 23.2 Å². The predicted octanol–water partition coefficient (Wildman–Crippen LogP) is 2.79. The van der Waals surface area contributed by atoms with E-state index in [9.17, 15) is 4.79 Å². The number of hydrogen-bond acceptors (Lipinski definition) is 2. The normalized spacial score (nSPS) is 12.4. The van der Waals surface area contributed by atoms with Gasteiger partial charge in [0.2, 0.25) is 0 Å². The number of rotatable bonds is 3. The smallest absolute Gasteiger partial charge is 0.254 e. The summed E-state index contributed by atoms with van der Waals surface area (Å²) in [6, 6.07) is 9.77. The Labute approximate surface area is 107 Å². The number of carbonyl (C=O) groups is 1. The number of hydrogen-bond donors (Lipinski definition) is 1. The fourth-order valence-electron chi connectivity index (χ4n) is 1.41. The zero-order valence-corrected chi connectivity index (χ0v) is 11.1. The van der Waals surface area contributed by atoms with E-state index in [-0.39, 0.29) is 17.2 Å². The Morgan fingerprint density at radius 2 is 1.88 bits per heavy atom. The summed E-state index contributed by atoms with van der Waals surface area (Å²) in [5.41, 5.74) is 4.13. The number of amides is 1. The molecule has 0 radical (unpaired) electrons. The second-order valence-corrected chi connectivity index (χ2v) is 5.01. The topological polar surface area (TPSA) is 41.5 Å². The molecule has 17 heavy (non-hydrogen) atoms. The van der Waals surface area contributed by atoms with Gasteiger partial charge >= 0.3 is 0 Å². The van der Waals surface area contributed by atoms with E-state index in [2.05, 4.69) is 10.5 Å². The Morgan fingerprint density at radius 3 is 2.35 bits per heavy atom. The average molecular weight is 253 g/mol. The molecule has 1 aromatic carbocycles. The zero-order valence-electron chi connectivity index (χ0n) is 10.3. The van der Waals surface area contributed by atoms with Crippen molar-refractivity contribution in [2.24, 2.45) is 10.5 Å². The molecule has 0 fully saturated rings. The lowest BCUT2D eigenvalue weighted by Gasteiger charge is -2.21. The molecule has 0 bridgehead atoms. The van der Waals surface area contributed by atoms with Crippen LogP contribution in [0.5, 0.6) is 0 Å². The van der Waals surface area contributed by atoms with Gasteiger partial charge in [0.15, 0.2) is 0 Å². The Kier molecular flexibility index (Phi) is 4.70. The summed E-state index contributed by atoms with van der Waals surface area (Å²) in [6.45, 7) is 6.14. The summed E-state index contributed by atoms with van der Waals surface area (Å²) in [5, 5.41) is 4.17. The number of nitrogens with one attached hydrogen (secondary N) is 1. The van der Waals surface area contributed by atoms with Crippen molar-refractivity contribution in [3.63, 3.8) is 0 Å². The largest absolute Gasteiger partial charge is 0.272 e. The average Bonchev–Trinajstić information content (AvgIpc) is 2.28. The minimum Gasteiger partial charge on any atom is -0.272 e. The number of alkyl halides is 1. The first-order chi connectivity index (χ1) is 7.95. The maximum absolute atomic E-state index is 11.1. The molecule has 1 rings (SSSR count). The van der Waals surface area contributed by atoms with Gasteiger partial charge in [-0.15, -0.1) is 11.6 Å². The SMILES string of the molecule is CC(C)(C)/C(=N/NC(=O)CCl)c1ccccc1. The van der Waals surface area contributed by atoms with Crippen LogP contribution in [0.1, 0.15) is 26.3 Å². The van der Waals surface area contributed by atoms with Gasteiger partial charge in [-0.05, 0) is 5.56 Å². The van der Waals surface area contributed by atoms with Crippen molar-refractivity contribution in [3.8, 4) is 0 Å². The molecule has 0 aromatic heterocycles. The van der Waals surface area contributed by atoms with Crippen molar-refractivity contribution in [2.75, 3.05) is 5.88 Å². The Morgan fingerprint density at radius 1 is 1.29 bits per heavy atom. The molecule has 0 saturated heterocycles. The highest BCUT2D eigenvalue weighted by atomic mass is 35.5. The van der Waals surface area contributed by atoms with Gasteiger partial charge in [-0.25, -0.2) is 5.43 Å². The second-order valence-electron chi connectivity index (χ2n) is 4.75. The number of carbonyl (C=O) groups excluding carboxylic acids is 1. The standard InChI is InChI=1S/C13H17ClN2O/c1-13(2,3)12(16-15-11(17)9-14)10-7-5-4-6-8-10/h4-8H,9H2,1-3H3,(H,15,17)/b16-12+. The van der Waals surface area contributed by atoms with Gasteiger partial charge in [-0.1, -0.05) is 51.1 Å². The van der Waals surface area contributed by atoms with Crippen LogP contribution in [0.2, 0.25) is 0 Å². The summed E-state index contributed by atoms with van der Waals surface area (Å²) >= 11 is 5.41. The Balaban J connectivity index is 3.02. The number of hydrazone groups is 1. The zero-order chi connectivity index (χ0) is 12.9. The third-order valence-corrected chi connectivity index (χ3v) is 2.41. The highest BCUT2D eigenvalue weighted by molar-refractivity contribution is 6.27. The lowest BCUT2D eigenvalue weighted by atomic mass is 9.86. The van der Waals surface area contributed by atoms with E-state index in [0.717, 1.165) is 11.3 Å². The van der Waals surface area contributed by atoms with E-state index in [1.165, 1.54) is 0 Å². The summed E-state index contributed by atoms with van der Waals surface area (Å²) in [4.78, 5) is 11.1. The maximum atomic E-state index is 11.1. The van der Waals surface area contributed by atoms with Gasteiger partial charge < -0.3 is 0 Å². The maximum Gasteiger partial charge on any atom is 0.254 e. The van der Waals surface area contributed by atoms with Crippen molar-refractivity contribution in [1.82, 2.24) is 5.43 Å². The van der Waals surface area contributed by atoms with Crippen molar-refractivity contribution in [1.29, 1.82) is 0 Å². The lowest BCUT2D eigenvalue weighted by molar-refractivity contribution is -0.118. The first-order valence-electron chi connectivity index (χ1n) is 5.43. The minimum absolute atomic E-state index is 0.0876. The predicted molar refractivity (Wildman–Crippen MR) is 71.3 cm³/mol. The summed E-state index contributed by atoms with van der Waals surface area (Å²) < 4.78 is 0. The number of halogens is 1. The first kappa shape index (κ1) is 13.7. The van der Waals surface area contributed by atoms with Crippen LogP contribution < -0.4 is 5.43 Å². The fraction of sp³-hybridized carbons (Fsp3) is 0.385. The third-order valence-electron chi connectivity index (χ3n) is 2.17. The van der Waals surface area contributed by atoms with Crippen molar-refractivity contribution < 1.29 is 4.79 Å². The van der Waals surface area contributed by atoms with Crippen molar-refractivity contribution in [2.45, 2.75) is 20.8 Å². The van der Waals surface area contributed by atoms with Crippen LogP contribution >= 0.6 is 11.6 Å². The van der Waals surface area contributed by atoms with Crippen molar-refractivity contribution in [3.05, 3.63) is 35.9 Å². The molecule has 0 spiro atoms. The molecule has 1 amide bonds. The molecule has 0 saturated carbocycles. The monoisotopic (exact) mass is 252 g/mol. The van der Waals surface area contributed by atoms with Gasteiger partial charge in [0.25, 0.3) is 5.91 Å². The summed E-state index contributed by atoms with van der Waals surface area (Å²) in [7, 11) is 0. The molecule has 0 aliphatic heterocycles. The van der Waals surface area contributed by atoms with Crippen LogP contribution in [-0.4, -0.2) is 17.5 Å². The van der Waals surface area contributed by atoms with Gasteiger partial charge in [-0.3, -0.25) is 4.79 Å². The first-order valence-corrected chi connectivity index (χ1v) is 5.97. The molecular formula is C13H17ClN2O. The van der Waals surface area contributed by atoms with E-state index >= 15 is 0 Å². The Bertz CT molecular complexity index is 407. The molecule has 4 heteroatoms. The molecule has 0 atom stereocenters. The highest BCUT2D eigenvalue weighted by Gasteiger charge is 2.21.